The molecule has 6 fully saturated rings. The minimum absolute atomic E-state index is 0.00547. The van der Waals surface area contributed by atoms with E-state index in [1.54, 1.807) is 6.92 Å². The Kier molecular flexibility index (Phi) is 10.9. The van der Waals surface area contributed by atoms with E-state index in [-0.39, 0.29) is 35.9 Å². The summed E-state index contributed by atoms with van der Waals surface area (Å²) in [5.41, 5.74) is -0.960. The lowest BCUT2D eigenvalue weighted by Gasteiger charge is -2.63. The molecule has 4 aliphatic carbocycles. The van der Waals surface area contributed by atoms with E-state index in [1.165, 1.54) is 20.1 Å². The molecule has 2 saturated heterocycles. The van der Waals surface area contributed by atoms with Crippen LogP contribution in [0.15, 0.2) is 11.6 Å². The Hall–Kier alpha value is -1.76. The van der Waals surface area contributed by atoms with Crippen LogP contribution in [0.1, 0.15) is 79.1 Å². The number of rotatable bonds is 8. The SMILES string of the molecule is CO[C@@H]1[C@@H](O)[C@H](O[C@H]2CC[C@@]3(C)[C@H](CC[C@@H]4[C@@H]3CC[C@]3(C)[C@@H](C5=CC(=O)OC5)[C@H](OC(C)=O)C[C@]43O)C2)O[C@H](C)[C@H]1O[C@@H]1O[C@H](CO)[C@@H](O)[C@H](O)[C@H]1O. The van der Waals surface area contributed by atoms with Gasteiger partial charge in [0.1, 0.15) is 55.4 Å². The molecule has 6 N–H and O–H groups in total. The molecule has 3 aliphatic heterocycles. The van der Waals surface area contributed by atoms with Gasteiger partial charge in [0, 0.05) is 37.9 Å². The zero-order valence-corrected chi connectivity index (χ0v) is 31.2. The average molecular weight is 755 g/mol. The summed E-state index contributed by atoms with van der Waals surface area (Å²) in [5, 5.41) is 64.8. The molecule has 0 amide bonds. The van der Waals surface area contributed by atoms with E-state index in [2.05, 4.69) is 13.8 Å². The van der Waals surface area contributed by atoms with Crippen molar-refractivity contribution < 1.29 is 73.4 Å². The number of carbonyl (C=O) groups is 2. The normalized spacial score (nSPS) is 52.5. The minimum Gasteiger partial charge on any atom is -0.462 e. The molecule has 0 spiro atoms. The summed E-state index contributed by atoms with van der Waals surface area (Å²) in [6.07, 6.45) is -5.51. The monoisotopic (exact) mass is 754 g/mol. The molecule has 7 rings (SSSR count). The van der Waals surface area contributed by atoms with Crippen LogP contribution >= 0.6 is 0 Å². The van der Waals surface area contributed by atoms with E-state index < -0.39 is 97.1 Å². The van der Waals surface area contributed by atoms with Crippen LogP contribution in [-0.4, -0.2) is 142 Å². The molecular weight excluding hydrogens is 696 g/mol. The molecule has 0 aromatic heterocycles. The maximum absolute atomic E-state index is 12.8. The molecule has 300 valence electrons. The lowest BCUT2D eigenvalue weighted by Crippen LogP contribution is -2.64. The summed E-state index contributed by atoms with van der Waals surface area (Å²) in [6.45, 7) is 7.09. The number of hydrogen-bond donors (Lipinski definition) is 6. The summed E-state index contributed by atoms with van der Waals surface area (Å²) in [4.78, 5) is 24.4. The second kappa shape index (κ2) is 14.6. The number of aliphatic hydroxyl groups excluding tert-OH is 5. The summed E-state index contributed by atoms with van der Waals surface area (Å²) < 4.78 is 41.0. The van der Waals surface area contributed by atoms with Crippen LogP contribution in [0.4, 0.5) is 0 Å². The largest absolute Gasteiger partial charge is 0.462 e. The third-order valence-electron chi connectivity index (χ3n) is 14.7. The Morgan fingerprint density at radius 2 is 1.66 bits per heavy atom. The highest BCUT2D eigenvalue weighted by Gasteiger charge is 2.71. The van der Waals surface area contributed by atoms with Crippen LogP contribution in [-0.2, 0) is 42.7 Å². The lowest BCUT2D eigenvalue weighted by molar-refractivity contribution is -0.362. The van der Waals surface area contributed by atoms with E-state index in [1.807, 2.05) is 0 Å². The number of ether oxygens (including phenoxy) is 7. The molecule has 53 heavy (non-hydrogen) atoms. The third-order valence-corrected chi connectivity index (χ3v) is 14.7. The van der Waals surface area contributed by atoms with Crippen LogP contribution in [0.2, 0.25) is 0 Å². The summed E-state index contributed by atoms with van der Waals surface area (Å²) in [6, 6.07) is 0. The zero-order valence-electron chi connectivity index (χ0n) is 31.2. The Morgan fingerprint density at radius 1 is 0.925 bits per heavy atom. The van der Waals surface area contributed by atoms with Crippen molar-refractivity contribution in [3.05, 3.63) is 11.6 Å². The second-order valence-corrected chi connectivity index (χ2v) is 17.3. The first-order valence-electron chi connectivity index (χ1n) is 19.3. The highest BCUT2D eigenvalue weighted by molar-refractivity contribution is 5.85. The molecule has 19 atom stereocenters. The van der Waals surface area contributed by atoms with Gasteiger partial charge in [-0.05, 0) is 80.6 Å². The zero-order chi connectivity index (χ0) is 38.2. The van der Waals surface area contributed by atoms with Gasteiger partial charge in [-0.2, -0.15) is 0 Å². The molecule has 0 unspecified atom stereocenters. The van der Waals surface area contributed by atoms with Crippen LogP contribution in [0.3, 0.4) is 0 Å². The molecule has 3 heterocycles. The van der Waals surface area contributed by atoms with Gasteiger partial charge in [0.25, 0.3) is 0 Å². The summed E-state index contributed by atoms with van der Waals surface area (Å²) in [7, 11) is 1.42. The summed E-state index contributed by atoms with van der Waals surface area (Å²) in [5.74, 6) is -0.574. The third kappa shape index (κ3) is 6.49. The van der Waals surface area contributed by atoms with Gasteiger partial charge in [0.2, 0.25) is 0 Å². The molecular formula is C38H58O15. The van der Waals surface area contributed by atoms with Crippen molar-refractivity contribution in [3.8, 4) is 0 Å². The van der Waals surface area contributed by atoms with E-state index >= 15 is 0 Å². The van der Waals surface area contributed by atoms with E-state index in [0.29, 0.717) is 12.3 Å². The molecule has 0 bridgehead atoms. The van der Waals surface area contributed by atoms with Crippen molar-refractivity contribution in [2.45, 2.75) is 158 Å². The number of methoxy groups -OCH3 is 1. The Morgan fingerprint density at radius 3 is 2.32 bits per heavy atom. The maximum atomic E-state index is 12.8. The molecule has 4 saturated carbocycles. The molecule has 0 aromatic carbocycles. The van der Waals surface area contributed by atoms with Crippen molar-refractivity contribution in [3.63, 3.8) is 0 Å². The number of carbonyl (C=O) groups excluding carboxylic acids is 2. The highest BCUT2D eigenvalue weighted by Crippen LogP contribution is 2.70. The first-order valence-corrected chi connectivity index (χ1v) is 19.3. The van der Waals surface area contributed by atoms with Gasteiger partial charge in [-0.15, -0.1) is 0 Å². The lowest BCUT2D eigenvalue weighted by atomic mass is 9.43. The Bertz CT molecular complexity index is 1410. The van der Waals surface area contributed by atoms with Gasteiger partial charge in [-0.3, -0.25) is 4.79 Å². The van der Waals surface area contributed by atoms with E-state index in [9.17, 15) is 40.2 Å². The van der Waals surface area contributed by atoms with Crippen LogP contribution in [0, 0.1) is 34.5 Å². The predicted molar refractivity (Wildman–Crippen MR) is 181 cm³/mol. The fourth-order valence-electron chi connectivity index (χ4n) is 11.9. The van der Waals surface area contributed by atoms with Gasteiger partial charge >= 0.3 is 11.9 Å². The number of cyclic esters (lactones) is 1. The molecule has 0 aromatic rings. The number of aliphatic hydroxyl groups is 6. The minimum atomic E-state index is -1.62. The standard InChI is InChI=1S/C38H58O15/c1-17-32(53-34-30(44)29(43)28(42)25(15-39)52-34)33(47-5)31(45)35(49-17)51-21-8-10-36(3)20(13-21)6-7-23-22(36)9-11-37(4)27(19-12-26(41)48-16-19)24(50-18(2)40)14-38(23,37)46/h12,17,20-25,27-35,39,42-46H,6-11,13-16H2,1-5H3/t17-,20-,21+,22+,23-,24-,25-,27+,28-,29+,30-,31-,32-,33-,34+,35+,36+,37-,38+/m1/s1. The van der Waals surface area contributed by atoms with Crippen molar-refractivity contribution in [1.82, 2.24) is 0 Å². The molecule has 15 nitrogen and oxygen atoms in total. The Labute approximate surface area is 309 Å². The van der Waals surface area contributed by atoms with Crippen molar-refractivity contribution in [2.24, 2.45) is 34.5 Å². The predicted octanol–water partition coefficient (Wildman–Crippen LogP) is 0.476. The smallest absolute Gasteiger partial charge is 0.331 e. The first-order chi connectivity index (χ1) is 25.1. The molecule has 15 heteroatoms. The van der Waals surface area contributed by atoms with Gasteiger partial charge in [-0.1, -0.05) is 13.8 Å². The Balaban J connectivity index is 1.02. The quantitative estimate of drug-likeness (QED) is 0.147. The molecule has 0 radical (unpaired) electrons. The van der Waals surface area contributed by atoms with Crippen LogP contribution in [0.25, 0.3) is 0 Å². The topological polar surface area (TPSA) is 220 Å². The first kappa shape index (κ1) is 39.5. The van der Waals surface area contributed by atoms with Gasteiger partial charge in [0.15, 0.2) is 12.6 Å². The number of fused-ring (bicyclic) bond motifs is 5. The highest BCUT2D eigenvalue weighted by atomic mass is 16.7. The maximum Gasteiger partial charge on any atom is 0.331 e. The van der Waals surface area contributed by atoms with E-state index in [0.717, 1.165) is 50.5 Å². The van der Waals surface area contributed by atoms with Crippen molar-refractivity contribution >= 4 is 11.9 Å². The van der Waals surface area contributed by atoms with Crippen LogP contribution < -0.4 is 0 Å². The average Bonchev–Trinajstić information content (AvgIpc) is 3.63. The number of hydrogen-bond acceptors (Lipinski definition) is 15. The van der Waals surface area contributed by atoms with E-state index in [4.69, 9.17) is 33.2 Å². The number of esters is 2. The fourth-order valence-corrected chi connectivity index (χ4v) is 11.9. The van der Waals surface area contributed by atoms with Gasteiger partial charge < -0.3 is 63.8 Å². The van der Waals surface area contributed by atoms with Gasteiger partial charge in [0.05, 0.1) is 24.4 Å². The fraction of sp³-hybridized carbons (Fsp3) is 0.895. The van der Waals surface area contributed by atoms with Crippen molar-refractivity contribution in [1.29, 1.82) is 0 Å². The second-order valence-electron chi connectivity index (χ2n) is 17.3. The van der Waals surface area contributed by atoms with Crippen molar-refractivity contribution in [2.75, 3.05) is 20.3 Å². The summed E-state index contributed by atoms with van der Waals surface area (Å²) >= 11 is 0. The van der Waals surface area contributed by atoms with Gasteiger partial charge in [-0.25, -0.2) is 4.79 Å². The van der Waals surface area contributed by atoms with Crippen LogP contribution in [0.5, 0.6) is 0 Å². The molecule has 7 aliphatic rings.